The number of nitrogens with zero attached hydrogens (tertiary/aromatic N) is 1. The third-order valence-electron chi connectivity index (χ3n) is 4.63. The molecule has 0 bridgehead atoms. The maximum Gasteiger partial charge on any atom is 0.231 e. The molecule has 1 aromatic carbocycles. The van der Waals surface area contributed by atoms with E-state index < -0.39 is 5.41 Å². The van der Waals surface area contributed by atoms with Crippen LogP contribution in [-0.2, 0) is 4.79 Å². The Labute approximate surface area is 127 Å². The molecule has 0 spiro atoms. The van der Waals surface area contributed by atoms with Crippen LogP contribution in [0.1, 0.15) is 39.5 Å². The molecule has 1 saturated heterocycles. The van der Waals surface area contributed by atoms with Gasteiger partial charge in [0.1, 0.15) is 0 Å². The lowest BCUT2D eigenvalue weighted by atomic mass is 9.86. The topological polar surface area (TPSA) is 58.4 Å². The van der Waals surface area contributed by atoms with Gasteiger partial charge in [-0.3, -0.25) is 4.79 Å². The minimum Gasteiger partial charge on any atom is -0.370 e. The van der Waals surface area contributed by atoms with E-state index in [1.54, 1.807) is 0 Å². The molecule has 1 atom stereocenters. The van der Waals surface area contributed by atoms with Gasteiger partial charge in [0, 0.05) is 19.6 Å². The highest BCUT2D eigenvalue weighted by atomic mass is 16.2. The van der Waals surface area contributed by atoms with Gasteiger partial charge in [0.05, 0.1) is 16.8 Å². The summed E-state index contributed by atoms with van der Waals surface area (Å²) in [5.41, 5.74) is 7.30. The van der Waals surface area contributed by atoms with Crippen LogP contribution in [0.5, 0.6) is 0 Å². The number of anilines is 2. The molecule has 0 aromatic heterocycles. The maximum atomic E-state index is 12.5. The highest BCUT2D eigenvalue weighted by molar-refractivity contribution is 5.98. The van der Waals surface area contributed by atoms with E-state index in [9.17, 15) is 4.79 Å². The molecule has 0 radical (unpaired) electrons. The molecule has 0 aliphatic carbocycles. The average molecular weight is 289 g/mol. The Morgan fingerprint density at radius 2 is 1.95 bits per heavy atom. The fourth-order valence-corrected chi connectivity index (χ4v) is 2.66. The molecule has 1 amide bonds. The van der Waals surface area contributed by atoms with E-state index in [0.29, 0.717) is 6.54 Å². The number of rotatable bonds is 5. The molecule has 1 unspecified atom stereocenters. The summed E-state index contributed by atoms with van der Waals surface area (Å²) in [4.78, 5) is 14.9. The van der Waals surface area contributed by atoms with Gasteiger partial charge in [-0.1, -0.05) is 19.1 Å². The Kier molecular flexibility index (Phi) is 5.23. The van der Waals surface area contributed by atoms with E-state index in [1.165, 1.54) is 19.3 Å². The molecule has 0 saturated carbocycles. The van der Waals surface area contributed by atoms with Crippen LogP contribution in [0, 0.1) is 5.41 Å². The third-order valence-corrected chi connectivity index (χ3v) is 4.63. The van der Waals surface area contributed by atoms with Crippen molar-refractivity contribution in [1.82, 2.24) is 0 Å². The van der Waals surface area contributed by atoms with Gasteiger partial charge in [-0.05, 0) is 44.7 Å². The molecule has 1 aliphatic rings. The summed E-state index contributed by atoms with van der Waals surface area (Å²) in [6.07, 6.45) is 4.48. The van der Waals surface area contributed by atoms with Crippen molar-refractivity contribution in [2.24, 2.45) is 11.1 Å². The molecule has 1 aliphatic heterocycles. The van der Waals surface area contributed by atoms with E-state index in [-0.39, 0.29) is 5.91 Å². The van der Waals surface area contributed by atoms with E-state index in [1.807, 2.05) is 32.0 Å². The zero-order valence-electron chi connectivity index (χ0n) is 13.2. The minimum absolute atomic E-state index is 0.0111. The average Bonchev–Trinajstić information content (AvgIpc) is 2.55. The lowest BCUT2D eigenvalue weighted by Crippen LogP contribution is -2.40. The van der Waals surface area contributed by atoms with Gasteiger partial charge in [-0.2, -0.15) is 0 Å². The first-order valence-corrected chi connectivity index (χ1v) is 7.96. The normalized spacial score (nSPS) is 18.1. The second-order valence-corrected chi connectivity index (χ2v) is 6.14. The highest BCUT2D eigenvalue weighted by Crippen LogP contribution is 2.30. The molecule has 116 valence electrons. The number of para-hydroxylation sites is 2. The van der Waals surface area contributed by atoms with Crippen LogP contribution in [0.15, 0.2) is 24.3 Å². The number of nitrogens with one attached hydrogen (secondary N) is 1. The minimum atomic E-state index is -0.505. The molecule has 3 N–H and O–H groups in total. The number of hydrogen-bond acceptors (Lipinski definition) is 3. The van der Waals surface area contributed by atoms with Gasteiger partial charge in [0.15, 0.2) is 0 Å². The fourth-order valence-electron chi connectivity index (χ4n) is 2.66. The Morgan fingerprint density at radius 3 is 2.57 bits per heavy atom. The first kappa shape index (κ1) is 15.8. The number of benzene rings is 1. The van der Waals surface area contributed by atoms with Gasteiger partial charge in [-0.25, -0.2) is 0 Å². The van der Waals surface area contributed by atoms with Crippen molar-refractivity contribution in [2.45, 2.75) is 39.5 Å². The molecular formula is C17H27N3O. The SMILES string of the molecule is CCC(C)(CN)C(=O)Nc1ccccc1N1CCCCC1. The smallest absolute Gasteiger partial charge is 0.231 e. The van der Waals surface area contributed by atoms with Gasteiger partial charge < -0.3 is 16.0 Å². The number of piperidine rings is 1. The summed E-state index contributed by atoms with van der Waals surface area (Å²) < 4.78 is 0. The molecule has 4 nitrogen and oxygen atoms in total. The summed E-state index contributed by atoms with van der Waals surface area (Å²) >= 11 is 0. The predicted molar refractivity (Wildman–Crippen MR) is 88.6 cm³/mol. The monoisotopic (exact) mass is 289 g/mol. The Bertz CT molecular complexity index is 477. The Balaban J connectivity index is 2.18. The van der Waals surface area contributed by atoms with Gasteiger partial charge >= 0.3 is 0 Å². The van der Waals surface area contributed by atoms with Crippen molar-refractivity contribution >= 4 is 17.3 Å². The molecule has 1 heterocycles. The van der Waals surface area contributed by atoms with Gasteiger partial charge in [0.25, 0.3) is 0 Å². The summed E-state index contributed by atoms with van der Waals surface area (Å²) in [7, 11) is 0. The number of amides is 1. The second-order valence-electron chi connectivity index (χ2n) is 6.14. The largest absolute Gasteiger partial charge is 0.370 e. The van der Waals surface area contributed by atoms with E-state index in [0.717, 1.165) is 30.9 Å². The molecule has 1 fully saturated rings. The van der Waals surface area contributed by atoms with Crippen LogP contribution in [0.3, 0.4) is 0 Å². The molecule has 1 aromatic rings. The summed E-state index contributed by atoms with van der Waals surface area (Å²) in [5.74, 6) is 0.0111. The molecule has 4 heteroatoms. The van der Waals surface area contributed by atoms with Crippen molar-refractivity contribution in [1.29, 1.82) is 0 Å². The standard InChI is InChI=1S/C17H27N3O/c1-3-17(2,13-18)16(21)19-14-9-5-6-10-15(14)20-11-7-4-8-12-20/h5-6,9-10H,3-4,7-8,11-13,18H2,1-2H3,(H,19,21). The summed E-state index contributed by atoms with van der Waals surface area (Å²) in [6.45, 7) is 6.42. The zero-order chi connectivity index (χ0) is 15.3. The first-order chi connectivity index (χ1) is 10.1. The lowest BCUT2D eigenvalue weighted by Gasteiger charge is -2.32. The van der Waals surface area contributed by atoms with Crippen molar-refractivity contribution in [3.8, 4) is 0 Å². The van der Waals surface area contributed by atoms with Crippen molar-refractivity contribution in [3.05, 3.63) is 24.3 Å². The fraction of sp³-hybridized carbons (Fsp3) is 0.588. The summed E-state index contributed by atoms with van der Waals surface area (Å²) in [5, 5.41) is 3.09. The van der Waals surface area contributed by atoms with Gasteiger partial charge in [0.2, 0.25) is 5.91 Å². The number of carbonyl (C=O) groups is 1. The summed E-state index contributed by atoms with van der Waals surface area (Å²) in [6, 6.07) is 8.07. The van der Waals surface area contributed by atoms with Crippen LogP contribution >= 0.6 is 0 Å². The quantitative estimate of drug-likeness (QED) is 0.876. The van der Waals surface area contributed by atoms with Crippen molar-refractivity contribution < 1.29 is 4.79 Å². The zero-order valence-corrected chi connectivity index (χ0v) is 13.2. The highest BCUT2D eigenvalue weighted by Gasteiger charge is 2.30. The van der Waals surface area contributed by atoms with Crippen LogP contribution in [0.4, 0.5) is 11.4 Å². The molecule has 2 rings (SSSR count). The van der Waals surface area contributed by atoms with E-state index >= 15 is 0 Å². The lowest BCUT2D eigenvalue weighted by molar-refractivity contribution is -0.124. The van der Waals surface area contributed by atoms with Crippen molar-refractivity contribution in [2.75, 3.05) is 29.9 Å². The van der Waals surface area contributed by atoms with Crippen LogP contribution < -0.4 is 16.0 Å². The molecule has 21 heavy (non-hydrogen) atoms. The van der Waals surface area contributed by atoms with Gasteiger partial charge in [-0.15, -0.1) is 0 Å². The number of nitrogens with two attached hydrogens (primary N) is 1. The van der Waals surface area contributed by atoms with Crippen LogP contribution in [0.25, 0.3) is 0 Å². The number of hydrogen-bond donors (Lipinski definition) is 2. The Hall–Kier alpha value is -1.55. The van der Waals surface area contributed by atoms with Crippen LogP contribution in [-0.4, -0.2) is 25.5 Å². The number of carbonyl (C=O) groups excluding carboxylic acids is 1. The van der Waals surface area contributed by atoms with Crippen molar-refractivity contribution in [3.63, 3.8) is 0 Å². The third kappa shape index (κ3) is 3.56. The first-order valence-electron chi connectivity index (χ1n) is 7.96. The predicted octanol–water partition coefficient (Wildman–Crippen LogP) is 2.99. The van der Waals surface area contributed by atoms with Crippen LogP contribution in [0.2, 0.25) is 0 Å². The Morgan fingerprint density at radius 1 is 1.29 bits per heavy atom. The second kappa shape index (κ2) is 6.94. The molecular weight excluding hydrogens is 262 g/mol. The van der Waals surface area contributed by atoms with E-state index in [4.69, 9.17) is 5.73 Å². The maximum absolute atomic E-state index is 12.5. The van der Waals surface area contributed by atoms with E-state index in [2.05, 4.69) is 16.3 Å².